The van der Waals surface area contributed by atoms with Gasteiger partial charge in [-0.3, -0.25) is 0 Å². The second kappa shape index (κ2) is 6.13. The van der Waals surface area contributed by atoms with Gasteiger partial charge in [0, 0.05) is 11.1 Å². The summed E-state index contributed by atoms with van der Waals surface area (Å²) in [5.41, 5.74) is 2.87. The van der Waals surface area contributed by atoms with Crippen LogP contribution in [0.1, 0.15) is 16.7 Å². The van der Waals surface area contributed by atoms with Gasteiger partial charge in [0.1, 0.15) is 18.6 Å². The quantitative estimate of drug-likeness (QED) is 0.629. The molecule has 0 aliphatic heterocycles. The average molecular weight is 262 g/mol. The Labute approximate surface area is 111 Å². The highest BCUT2D eigenvalue weighted by Gasteiger charge is 2.02. The lowest BCUT2D eigenvalue weighted by Gasteiger charge is -2.07. The zero-order valence-corrected chi connectivity index (χ0v) is 10.7. The van der Waals surface area contributed by atoms with E-state index in [1.54, 1.807) is 12.5 Å². The Bertz CT molecular complexity index is 567. The van der Waals surface area contributed by atoms with Crippen molar-refractivity contribution in [2.24, 2.45) is 0 Å². The van der Waals surface area contributed by atoms with Gasteiger partial charge in [0.15, 0.2) is 0 Å². The van der Waals surface area contributed by atoms with Crippen molar-refractivity contribution < 1.29 is 9.26 Å². The number of aryl methyl sites for hydroxylation is 1. The third kappa shape index (κ3) is 3.28. The van der Waals surface area contributed by atoms with Gasteiger partial charge in [-0.25, -0.2) is 0 Å². The van der Waals surface area contributed by atoms with Crippen molar-refractivity contribution in [1.82, 2.24) is 5.16 Å². The molecular formula is C14H12ClNO2. The minimum absolute atomic E-state index is 0.338. The molecule has 0 saturated heterocycles. The van der Waals surface area contributed by atoms with Crippen molar-refractivity contribution in [3.05, 3.63) is 47.3 Å². The van der Waals surface area contributed by atoms with Gasteiger partial charge in [0.25, 0.3) is 0 Å². The van der Waals surface area contributed by atoms with Crippen LogP contribution in [0.3, 0.4) is 0 Å². The molecule has 3 nitrogen and oxygen atoms in total. The summed E-state index contributed by atoms with van der Waals surface area (Å²) in [7, 11) is 0. The van der Waals surface area contributed by atoms with E-state index in [9.17, 15) is 0 Å². The third-order valence-corrected chi connectivity index (χ3v) is 2.49. The lowest BCUT2D eigenvalue weighted by Crippen LogP contribution is -1.96. The van der Waals surface area contributed by atoms with E-state index in [0.29, 0.717) is 12.5 Å². The van der Waals surface area contributed by atoms with Gasteiger partial charge in [0.2, 0.25) is 0 Å². The maximum atomic E-state index is 5.67. The molecule has 0 aliphatic rings. The number of halogens is 1. The average Bonchev–Trinajstić information content (AvgIpc) is 2.88. The minimum atomic E-state index is 0.338. The normalized spacial score (nSPS) is 9.67. The van der Waals surface area contributed by atoms with E-state index in [-0.39, 0.29) is 0 Å². The Morgan fingerprint density at radius 3 is 3.00 bits per heavy atom. The Morgan fingerprint density at radius 2 is 2.33 bits per heavy atom. The summed E-state index contributed by atoms with van der Waals surface area (Å²) in [5.74, 6) is 6.95. The van der Waals surface area contributed by atoms with Crippen molar-refractivity contribution in [2.45, 2.75) is 13.5 Å². The monoisotopic (exact) mass is 261 g/mol. The standard InChI is InChI=1S/C14H12ClNO2/c1-11-7-12(3-2-6-15)4-5-14(11)17-9-13-8-16-18-10-13/h4-5,7-8,10H,6,9H2,1H3. The number of hydrogen-bond donors (Lipinski definition) is 0. The fraction of sp³-hybridized carbons (Fsp3) is 0.214. The highest BCUT2D eigenvalue weighted by atomic mass is 35.5. The summed E-state index contributed by atoms with van der Waals surface area (Å²) in [6.07, 6.45) is 3.20. The van der Waals surface area contributed by atoms with Crippen LogP contribution in [-0.4, -0.2) is 11.0 Å². The maximum Gasteiger partial charge on any atom is 0.130 e. The SMILES string of the molecule is Cc1cc(C#CCCl)ccc1OCc1cnoc1. The summed E-state index contributed by atoms with van der Waals surface area (Å²) in [6, 6.07) is 5.79. The van der Waals surface area contributed by atoms with Crippen LogP contribution >= 0.6 is 11.6 Å². The Balaban J connectivity index is 2.05. The number of ether oxygens (including phenoxy) is 1. The number of benzene rings is 1. The zero-order valence-electron chi connectivity index (χ0n) is 9.94. The number of alkyl halides is 1. The van der Waals surface area contributed by atoms with Gasteiger partial charge in [-0.15, -0.1) is 11.6 Å². The molecule has 0 unspecified atom stereocenters. The summed E-state index contributed by atoms with van der Waals surface area (Å²) in [6.45, 7) is 2.42. The number of nitrogens with zero attached hydrogens (tertiary/aromatic N) is 1. The van der Waals surface area contributed by atoms with E-state index < -0.39 is 0 Å². The molecule has 1 aromatic heterocycles. The predicted molar refractivity (Wildman–Crippen MR) is 69.6 cm³/mol. The van der Waals surface area contributed by atoms with Crippen LogP contribution in [0.25, 0.3) is 0 Å². The van der Waals surface area contributed by atoms with Crippen LogP contribution < -0.4 is 4.74 Å². The summed E-state index contributed by atoms with van der Waals surface area (Å²) >= 11 is 5.52. The van der Waals surface area contributed by atoms with Crippen LogP contribution in [0.4, 0.5) is 0 Å². The Morgan fingerprint density at radius 1 is 1.44 bits per heavy atom. The van der Waals surface area contributed by atoms with Gasteiger partial charge in [-0.2, -0.15) is 0 Å². The first-order valence-corrected chi connectivity index (χ1v) is 5.99. The topological polar surface area (TPSA) is 35.3 Å². The lowest BCUT2D eigenvalue weighted by atomic mass is 10.1. The van der Waals surface area contributed by atoms with Crippen LogP contribution in [0, 0.1) is 18.8 Å². The Hall–Kier alpha value is -1.92. The van der Waals surface area contributed by atoms with E-state index in [0.717, 1.165) is 22.4 Å². The van der Waals surface area contributed by atoms with Crippen LogP contribution in [0.5, 0.6) is 5.75 Å². The van der Waals surface area contributed by atoms with Gasteiger partial charge < -0.3 is 9.26 Å². The van der Waals surface area contributed by atoms with Crippen LogP contribution in [0.2, 0.25) is 0 Å². The lowest BCUT2D eigenvalue weighted by molar-refractivity contribution is 0.302. The number of hydrogen-bond acceptors (Lipinski definition) is 3. The molecule has 2 rings (SSSR count). The Kier molecular flexibility index (Phi) is 4.27. The van der Waals surface area contributed by atoms with E-state index in [1.165, 1.54) is 0 Å². The molecule has 0 spiro atoms. The van der Waals surface area contributed by atoms with Gasteiger partial charge >= 0.3 is 0 Å². The first-order valence-electron chi connectivity index (χ1n) is 5.46. The zero-order chi connectivity index (χ0) is 12.8. The second-order valence-electron chi connectivity index (χ2n) is 3.74. The van der Waals surface area contributed by atoms with Crippen molar-refractivity contribution in [1.29, 1.82) is 0 Å². The van der Waals surface area contributed by atoms with Crippen LogP contribution in [0.15, 0.2) is 35.2 Å². The molecule has 0 N–H and O–H groups in total. The van der Waals surface area contributed by atoms with Crippen LogP contribution in [-0.2, 0) is 6.61 Å². The van der Waals surface area contributed by atoms with Gasteiger partial charge in [-0.05, 0) is 30.7 Å². The van der Waals surface area contributed by atoms with Gasteiger partial charge in [-0.1, -0.05) is 17.0 Å². The van der Waals surface area contributed by atoms with Gasteiger partial charge in [0.05, 0.1) is 12.1 Å². The largest absolute Gasteiger partial charge is 0.488 e. The van der Waals surface area contributed by atoms with Crippen molar-refractivity contribution in [3.8, 4) is 17.6 Å². The number of aromatic nitrogens is 1. The highest BCUT2D eigenvalue weighted by molar-refractivity contribution is 6.19. The molecule has 92 valence electrons. The molecule has 1 aromatic carbocycles. The smallest absolute Gasteiger partial charge is 0.130 e. The molecule has 1 heterocycles. The molecule has 0 aliphatic carbocycles. The molecule has 0 radical (unpaired) electrons. The highest BCUT2D eigenvalue weighted by Crippen LogP contribution is 2.20. The molecule has 4 heteroatoms. The molecule has 0 amide bonds. The molecule has 18 heavy (non-hydrogen) atoms. The first kappa shape index (κ1) is 12.5. The third-order valence-electron chi connectivity index (χ3n) is 2.35. The van der Waals surface area contributed by atoms with Crippen molar-refractivity contribution >= 4 is 11.6 Å². The minimum Gasteiger partial charge on any atom is -0.488 e. The summed E-state index contributed by atoms with van der Waals surface area (Å²) in [4.78, 5) is 0. The van der Waals surface area contributed by atoms with Crippen molar-refractivity contribution in [3.63, 3.8) is 0 Å². The van der Waals surface area contributed by atoms with E-state index >= 15 is 0 Å². The molecule has 0 bridgehead atoms. The predicted octanol–water partition coefficient (Wildman–Crippen LogP) is 3.15. The first-order chi connectivity index (χ1) is 8.79. The summed E-state index contributed by atoms with van der Waals surface area (Å²) < 4.78 is 10.4. The molecular weight excluding hydrogens is 250 g/mol. The summed E-state index contributed by atoms with van der Waals surface area (Å²) in [5, 5.41) is 3.62. The van der Waals surface area contributed by atoms with E-state index in [2.05, 4.69) is 17.0 Å². The molecule has 0 fully saturated rings. The second-order valence-corrected chi connectivity index (χ2v) is 4.00. The molecule has 0 atom stereocenters. The molecule has 0 saturated carbocycles. The fourth-order valence-corrected chi connectivity index (χ4v) is 1.55. The number of rotatable bonds is 3. The van der Waals surface area contributed by atoms with Crippen molar-refractivity contribution in [2.75, 3.05) is 5.88 Å². The van der Waals surface area contributed by atoms with E-state index in [1.807, 2.05) is 25.1 Å². The fourth-order valence-electron chi connectivity index (χ4n) is 1.48. The van der Waals surface area contributed by atoms with E-state index in [4.69, 9.17) is 20.9 Å². The molecule has 2 aromatic rings. The maximum absolute atomic E-state index is 5.67.